The first-order valence-electron chi connectivity index (χ1n) is 13.0. The lowest BCUT2D eigenvalue weighted by atomic mass is 9.84. The number of carbonyl (C=O) groups is 2. The topological polar surface area (TPSA) is 122 Å². The summed E-state index contributed by atoms with van der Waals surface area (Å²) >= 11 is 0. The highest BCUT2D eigenvalue weighted by Crippen LogP contribution is 2.30. The molecule has 1 atom stereocenters. The Labute approximate surface area is 235 Å². The van der Waals surface area contributed by atoms with Crippen LogP contribution < -0.4 is 16.2 Å². The average molecular weight is 551 g/mol. The number of nitrogens with one attached hydrogen (secondary N) is 3. The highest BCUT2D eigenvalue weighted by atomic mass is 19.1. The number of amides is 2. The smallest absolute Gasteiger partial charge is 0.270 e. The van der Waals surface area contributed by atoms with Gasteiger partial charge in [0.05, 0.1) is 6.20 Å². The van der Waals surface area contributed by atoms with E-state index in [0.29, 0.717) is 17.8 Å². The number of benzene rings is 3. The van der Waals surface area contributed by atoms with Gasteiger partial charge >= 0.3 is 0 Å². The Kier molecular flexibility index (Phi) is 8.10. The van der Waals surface area contributed by atoms with Gasteiger partial charge in [-0.3, -0.25) is 19.1 Å². The van der Waals surface area contributed by atoms with Gasteiger partial charge < -0.3 is 10.6 Å². The lowest BCUT2D eigenvalue weighted by Crippen LogP contribution is -2.48. The summed E-state index contributed by atoms with van der Waals surface area (Å²) in [7, 11) is 0. The largest absolute Gasteiger partial charge is 0.338 e. The maximum Gasteiger partial charge on any atom is 0.270 e. The molecule has 3 N–H and O–H groups in total. The lowest BCUT2D eigenvalue weighted by molar-refractivity contribution is -0.118. The Morgan fingerprint density at radius 1 is 0.951 bits per heavy atom. The van der Waals surface area contributed by atoms with E-state index in [1.807, 2.05) is 67.6 Å². The maximum atomic E-state index is 15.1. The molecule has 41 heavy (non-hydrogen) atoms. The molecule has 0 radical (unpaired) electrons. The third-order valence-electron chi connectivity index (χ3n) is 6.68. The van der Waals surface area contributed by atoms with Crippen LogP contribution in [0.25, 0.3) is 11.1 Å². The van der Waals surface area contributed by atoms with Gasteiger partial charge in [0.25, 0.3) is 11.5 Å². The number of aryl methyl sites for hydroxylation is 1. The van der Waals surface area contributed by atoms with Crippen LogP contribution in [0.15, 0.2) is 108 Å². The van der Waals surface area contributed by atoms with Crippen LogP contribution in [0.2, 0.25) is 0 Å². The van der Waals surface area contributed by atoms with Crippen LogP contribution in [-0.4, -0.2) is 37.8 Å². The van der Waals surface area contributed by atoms with Crippen molar-refractivity contribution in [1.29, 1.82) is 0 Å². The molecule has 0 fully saturated rings. The zero-order chi connectivity index (χ0) is 28.8. The Morgan fingerprint density at radius 3 is 2.24 bits per heavy atom. The van der Waals surface area contributed by atoms with E-state index < -0.39 is 35.2 Å². The first-order chi connectivity index (χ1) is 19.9. The first kappa shape index (κ1) is 27.2. The predicted octanol–water partition coefficient (Wildman–Crippen LogP) is 4.36. The molecule has 5 aromatic rings. The summed E-state index contributed by atoms with van der Waals surface area (Å²) in [5.74, 6) is -2.22. The zero-order valence-electron chi connectivity index (χ0n) is 22.1. The monoisotopic (exact) mass is 550 g/mol. The van der Waals surface area contributed by atoms with Crippen molar-refractivity contribution in [3.63, 3.8) is 0 Å². The van der Waals surface area contributed by atoms with Gasteiger partial charge in [0.15, 0.2) is 0 Å². The zero-order valence-corrected chi connectivity index (χ0v) is 22.1. The van der Waals surface area contributed by atoms with Crippen molar-refractivity contribution in [1.82, 2.24) is 25.3 Å². The van der Waals surface area contributed by atoms with E-state index in [0.717, 1.165) is 11.1 Å². The van der Waals surface area contributed by atoms with Crippen molar-refractivity contribution in [2.45, 2.75) is 25.4 Å². The molecule has 0 aliphatic carbocycles. The fourth-order valence-electron chi connectivity index (χ4n) is 4.76. The van der Waals surface area contributed by atoms with E-state index in [2.05, 4.69) is 25.9 Å². The lowest BCUT2D eigenvalue weighted by Gasteiger charge is -2.28. The second-order valence-corrected chi connectivity index (χ2v) is 9.30. The SMILES string of the molecule is CCn1nccc1C(=O)NC(C(=O)Nc1ccc(-c2cn[nH]c(=O)c2)c(F)c1)C(c1ccccc1)c1ccccc1. The number of hydrogen-bond donors (Lipinski definition) is 3. The molecule has 0 bridgehead atoms. The third kappa shape index (κ3) is 6.11. The molecule has 3 aromatic carbocycles. The maximum absolute atomic E-state index is 15.1. The van der Waals surface area contributed by atoms with Crippen molar-refractivity contribution in [2.75, 3.05) is 5.32 Å². The summed E-state index contributed by atoms with van der Waals surface area (Å²) in [5, 5.41) is 15.8. The highest BCUT2D eigenvalue weighted by Gasteiger charge is 2.33. The van der Waals surface area contributed by atoms with Crippen LogP contribution in [0.5, 0.6) is 0 Å². The number of nitrogens with zero attached hydrogens (tertiary/aromatic N) is 3. The quantitative estimate of drug-likeness (QED) is 0.252. The highest BCUT2D eigenvalue weighted by molar-refractivity contribution is 6.01. The standard InChI is InChI=1S/C31H27FN6O3/c1-2-38-26(15-16-34-38)30(40)36-29(28(20-9-5-3-6-10-20)21-11-7-4-8-12-21)31(41)35-23-13-14-24(25(32)18-23)22-17-27(39)37-33-19-22/h3-19,28-29H,2H2,1H3,(H,35,41)(H,36,40)(H,37,39). The third-order valence-corrected chi connectivity index (χ3v) is 6.68. The summed E-state index contributed by atoms with van der Waals surface area (Å²) < 4.78 is 16.7. The molecule has 1 unspecified atom stereocenters. The second kappa shape index (κ2) is 12.2. The van der Waals surface area contributed by atoms with Crippen LogP contribution in [0, 0.1) is 5.82 Å². The average Bonchev–Trinajstić information content (AvgIpc) is 3.47. The Bertz CT molecular complexity index is 1680. The predicted molar refractivity (Wildman–Crippen MR) is 153 cm³/mol. The number of H-pyrrole nitrogens is 1. The minimum absolute atomic E-state index is 0.158. The van der Waals surface area contributed by atoms with Gasteiger partial charge in [0.1, 0.15) is 17.6 Å². The van der Waals surface area contributed by atoms with Crippen molar-refractivity contribution in [3.05, 3.63) is 136 Å². The van der Waals surface area contributed by atoms with Crippen LogP contribution >= 0.6 is 0 Å². The van der Waals surface area contributed by atoms with Gasteiger partial charge in [0, 0.05) is 41.5 Å². The van der Waals surface area contributed by atoms with Crippen LogP contribution in [-0.2, 0) is 11.3 Å². The molecular formula is C31H27FN6O3. The summed E-state index contributed by atoms with van der Waals surface area (Å²) in [6.45, 7) is 2.34. The van der Waals surface area contributed by atoms with Crippen molar-refractivity contribution in [2.24, 2.45) is 0 Å². The molecule has 0 spiro atoms. The summed E-state index contributed by atoms with van der Waals surface area (Å²) in [6.07, 6.45) is 2.87. The molecule has 0 saturated carbocycles. The summed E-state index contributed by atoms with van der Waals surface area (Å²) in [5.41, 5.74) is 2.12. The molecule has 2 amide bonds. The van der Waals surface area contributed by atoms with Gasteiger partial charge in [-0.05, 0) is 42.3 Å². The molecule has 9 nitrogen and oxygen atoms in total. The van der Waals surface area contributed by atoms with Crippen LogP contribution in [0.3, 0.4) is 0 Å². The Balaban J connectivity index is 1.51. The van der Waals surface area contributed by atoms with Gasteiger partial charge in [0.2, 0.25) is 5.91 Å². The molecule has 2 heterocycles. The normalized spacial score (nSPS) is 11.7. The van der Waals surface area contributed by atoms with Crippen molar-refractivity contribution >= 4 is 17.5 Å². The molecule has 5 rings (SSSR count). The number of anilines is 1. The number of aromatic amines is 1. The molecule has 10 heteroatoms. The van der Waals surface area contributed by atoms with E-state index in [1.54, 1.807) is 10.7 Å². The molecular weight excluding hydrogens is 523 g/mol. The summed E-state index contributed by atoms with van der Waals surface area (Å²) in [4.78, 5) is 39.0. The fourth-order valence-corrected chi connectivity index (χ4v) is 4.76. The van der Waals surface area contributed by atoms with Gasteiger partial charge in [-0.15, -0.1) is 0 Å². The van der Waals surface area contributed by atoms with Crippen molar-refractivity contribution in [3.8, 4) is 11.1 Å². The van der Waals surface area contributed by atoms with E-state index >= 15 is 4.39 Å². The number of aromatic nitrogens is 4. The molecule has 206 valence electrons. The number of halogens is 1. The van der Waals surface area contributed by atoms with E-state index in [-0.39, 0.29) is 11.3 Å². The first-order valence-corrected chi connectivity index (χ1v) is 13.0. The van der Waals surface area contributed by atoms with Gasteiger partial charge in [-0.2, -0.15) is 10.2 Å². The van der Waals surface area contributed by atoms with E-state index in [9.17, 15) is 14.4 Å². The molecule has 0 aliphatic rings. The Hall–Kier alpha value is -5.38. The molecule has 0 saturated heterocycles. The summed E-state index contributed by atoms with van der Waals surface area (Å²) in [6, 6.07) is 24.7. The Morgan fingerprint density at radius 2 is 1.63 bits per heavy atom. The molecule has 0 aliphatic heterocycles. The fraction of sp³-hybridized carbons (Fsp3) is 0.129. The van der Waals surface area contributed by atoms with Gasteiger partial charge in [-0.1, -0.05) is 60.7 Å². The van der Waals surface area contributed by atoms with E-state index in [1.165, 1.54) is 36.7 Å². The van der Waals surface area contributed by atoms with Crippen molar-refractivity contribution < 1.29 is 14.0 Å². The minimum Gasteiger partial charge on any atom is -0.338 e. The van der Waals surface area contributed by atoms with Crippen LogP contribution in [0.1, 0.15) is 34.5 Å². The van der Waals surface area contributed by atoms with Crippen LogP contribution in [0.4, 0.5) is 10.1 Å². The number of hydrogen-bond acceptors (Lipinski definition) is 5. The number of carbonyl (C=O) groups excluding carboxylic acids is 2. The second-order valence-electron chi connectivity index (χ2n) is 9.30. The van der Waals surface area contributed by atoms with Gasteiger partial charge in [-0.25, -0.2) is 9.49 Å². The van der Waals surface area contributed by atoms with E-state index in [4.69, 9.17) is 0 Å². The molecule has 2 aromatic heterocycles. The number of rotatable bonds is 9. The minimum atomic E-state index is -1.08.